The molecule has 2 rings (SSSR count). The molecule has 1 amide bonds. The number of thioether (sulfide) groups is 1. The van der Waals surface area contributed by atoms with Crippen LogP contribution in [-0.2, 0) is 0 Å². The van der Waals surface area contributed by atoms with Gasteiger partial charge < -0.3 is 5.32 Å². The second kappa shape index (κ2) is 6.69. The number of carbonyl (C=O) groups is 2. The van der Waals surface area contributed by atoms with Crippen LogP contribution >= 0.6 is 23.4 Å². The maximum atomic E-state index is 12.1. The van der Waals surface area contributed by atoms with Crippen molar-refractivity contribution >= 4 is 40.7 Å². The Kier molecular flexibility index (Phi) is 4.93. The van der Waals surface area contributed by atoms with Crippen molar-refractivity contribution in [3.63, 3.8) is 0 Å². The molecule has 0 spiro atoms. The Labute approximate surface area is 131 Å². The first-order chi connectivity index (χ1) is 10.0. The third-order valence-corrected chi connectivity index (χ3v) is 3.55. The molecule has 108 valence electrons. The van der Waals surface area contributed by atoms with Gasteiger partial charge in [-0.25, -0.2) is 9.97 Å². The number of amides is 1. The zero-order chi connectivity index (χ0) is 15.4. The SMILES string of the molecule is CSc1ncc(C(=O)Nc2ccc(C(C)=O)cc2)c(Cl)n1. The number of aromatic nitrogens is 2. The van der Waals surface area contributed by atoms with Crippen LogP contribution in [0.15, 0.2) is 35.6 Å². The van der Waals surface area contributed by atoms with Gasteiger partial charge in [0.15, 0.2) is 10.9 Å². The molecule has 0 bridgehead atoms. The van der Waals surface area contributed by atoms with Crippen LogP contribution < -0.4 is 5.32 Å². The summed E-state index contributed by atoms with van der Waals surface area (Å²) in [5.41, 5.74) is 1.35. The second-order valence-corrected chi connectivity index (χ2v) is 5.28. The molecule has 0 aliphatic rings. The fourth-order valence-electron chi connectivity index (χ4n) is 1.58. The average Bonchev–Trinajstić information content (AvgIpc) is 2.47. The molecule has 0 aliphatic carbocycles. The predicted octanol–water partition coefficient (Wildman–Crippen LogP) is 3.31. The summed E-state index contributed by atoms with van der Waals surface area (Å²) < 4.78 is 0. The van der Waals surface area contributed by atoms with Crippen molar-refractivity contribution in [1.29, 1.82) is 0 Å². The molecule has 0 radical (unpaired) electrons. The van der Waals surface area contributed by atoms with Crippen molar-refractivity contribution in [1.82, 2.24) is 9.97 Å². The molecular formula is C14H12ClN3O2S. The molecule has 1 aromatic heterocycles. The lowest BCUT2D eigenvalue weighted by Crippen LogP contribution is -2.13. The van der Waals surface area contributed by atoms with E-state index in [0.29, 0.717) is 16.4 Å². The zero-order valence-corrected chi connectivity index (χ0v) is 13.0. The van der Waals surface area contributed by atoms with Gasteiger partial charge in [-0.3, -0.25) is 9.59 Å². The standard InChI is InChI=1S/C14H12ClN3O2S/c1-8(19)9-3-5-10(6-4-9)17-13(20)11-7-16-14(21-2)18-12(11)15/h3-7H,1-2H3,(H,17,20). The van der Waals surface area contributed by atoms with E-state index in [1.54, 1.807) is 24.3 Å². The largest absolute Gasteiger partial charge is 0.322 e. The number of nitrogens with one attached hydrogen (secondary N) is 1. The highest BCUT2D eigenvalue weighted by molar-refractivity contribution is 7.98. The molecular weight excluding hydrogens is 310 g/mol. The molecule has 1 N–H and O–H groups in total. The normalized spacial score (nSPS) is 10.2. The molecule has 5 nitrogen and oxygen atoms in total. The topological polar surface area (TPSA) is 72.0 Å². The van der Waals surface area contributed by atoms with Crippen LogP contribution in [0.25, 0.3) is 0 Å². The molecule has 0 unspecified atom stereocenters. The van der Waals surface area contributed by atoms with E-state index in [2.05, 4.69) is 15.3 Å². The lowest BCUT2D eigenvalue weighted by atomic mass is 10.1. The number of Topliss-reactive ketones (excluding diaryl/α,β-unsaturated/α-hetero) is 1. The first-order valence-corrected chi connectivity index (χ1v) is 7.60. The summed E-state index contributed by atoms with van der Waals surface area (Å²) in [5.74, 6) is -0.430. The lowest BCUT2D eigenvalue weighted by Gasteiger charge is -2.07. The van der Waals surface area contributed by atoms with E-state index in [1.165, 1.54) is 24.9 Å². The molecule has 0 saturated heterocycles. The van der Waals surface area contributed by atoms with Gasteiger partial charge >= 0.3 is 0 Å². The number of rotatable bonds is 4. The summed E-state index contributed by atoms with van der Waals surface area (Å²) in [5, 5.41) is 3.29. The number of nitrogens with zero attached hydrogens (tertiary/aromatic N) is 2. The number of hydrogen-bond acceptors (Lipinski definition) is 5. The van der Waals surface area contributed by atoms with Crippen LogP contribution in [0.2, 0.25) is 5.15 Å². The van der Waals surface area contributed by atoms with Crippen molar-refractivity contribution in [3.8, 4) is 0 Å². The van der Waals surface area contributed by atoms with Gasteiger partial charge in [0.1, 0.15) is 5.15 Å². The van der Waals surface area contributed by atoms with E-state index in [9.17, 15) is 9.59 Å². The van der Waals surface area contributed by atoms with E-state index in [-0.39, 0.29) is 16.5 Å². The summed E-state index contributed by atoms with van der Waals surface area (Å²) in [6.45, 7) is 1.48. The van der Waals surface area contributed by atoms with E-state index >= 15 is 0 Å². The average molecular weight is 322 g/mol. The third kappa shape index (κ3) is 3.80. The van der Waals surface area contributed by atoms with Gasteiger partial charge in [-0.15, -0.1) is 0 Å². The summed E-state index contributed by atoms with van der Waals surface area (Å²) >= 11 is 7.31. The van der Waals surface area contributed by atoms with Crippen LogP contribution in [0.3, 0.4) is 0 Å². The minimum Gasteiger partial charge on any atom is -0.322 e. The van der Waals surface area contributed by atoms with Gasteiger partial charge in [-0.05, 0) is 37.4 Å². The monoisotopic (exact) mass is 321 g/mol. The van der Waals surface area contributed by atoms with Crippen molar-refractivity contribution in [3.05, 3.63) is 46.7 Å². The summed E-state index contributed by atoms with van der Waals surface area (Å²) in [7, 11) is 0. The Morgan fingerprint density at radius 1 is 1.24 bits per heavy atom. The van der Waals surface area contributed by atoms with Crippen molar-refractivity contribution in [2.24, 2.45) is 0 Å². The molecule has 7 heteroatoms. The summed E-state index contributed by atoms with van der Waals surface area (Å²) in [6, 6.07) is 6.60. The number of anilines is 1. The van der Waals surface area contributed by atoms with Crippen LogP contribution in [0, 0.1) is 0 Å². The Bertz CT molecular complexity index is 689. The van der Waals surface area contributed by atoms with Crippen LogP contribution in [0.4, 0.5) is 5.69 Å². The van der Waals surface area contributed by atoms with Crippen LogP contribution in [0.1, 0.15) is 27.6 Å². The molecule has 0 aliphatic heterocycles. The van der Waals surface area contributed by atoms with Crippen LogP contribution in [-0.4, -0.2) is 27.9 Å². The molecule has 0 atom stereocenters. The predicted molar refractivity (Wildman–Crippen MR) is 83.2 cm³/mol. The number of hydrogen-bond donors (Lipinski definition) is 1. The lowest BCUT2D eigenvalue weighted by molar-refractivity contribution is 0.101. The number of halogens is 1. The smallest absolute Gasteiger partial charge is 0.260 e. The maximum absolute atomic E-state index is 12.1. The minimum absolute atomic E-state index is 0.0306. The summed E-state index contributed by atoms with van der Waals surface area (Å²) in [4.78, 5) is 31.3. The molecule has 1 aromatic carbocycles. The van der Waals surface area contributed by atoms with E-state index < -0.39 is 5.91 Å². The Hall–Kier alpha value is -1.92. The third-order valence-electron chi connectivity index (χ3n) is 2.70. The molecule has 2 aromatic rings. The Balaban J connectivity index is 2.16. The van der Waals surface area contributed by atoms with Gasteiger partial charge in [0.05, 0.1) is 5.56 Å². The first-order valence-electron chi connectivity index (χ1n) is 6.00. The fraction of sp³-hybridized carbons (Fsp3) is 0.143. The number of benzene rings is 1. The Morgan fingerprint density at radius 3 is 2.43 bits per heavy atom. The van der Waals surface area contributed by atoms with Gasteiger partial charge in [0, 0.05) is 17.4 Å². The fourth-order valence-corrected chi connectivity index (χ4v) is 2.19. The maximum Gasteiger partial charge on any atom is 0.260 e. The highest BCUT2D eigenvalue weighted by atomic mass is 35.5. The van der Waals surface area contributed by atoms with Crippen LogP contribution in [0.5, 0.6) is 0 Å². The summed E-state index contributed by atoms with van der Waals surface area (Å²) in [6.07, 6.45) is 3.21. The molecule has 1 heterocycles. The molecule has 21 heavy (non-hydrogen) atoms. The molecule has 0 fully saturated rings. The highest BCUT2D eigenvalue weighted by Gasteiger charge is 2.13. The van der Waals surface area contributed by atoms with E-state index in [0.717, 1.165) is 0 Å². The minimum atomic E-state index is -0.400. The van der Waals surface area contributed by atoms with Crippen molar-refractivity contribution < 1.29 is 9.59 Å². The van der Waals surface area contributed by atoms with Gasteiger partial charge in [0.2, 0.25) is 0 Å². The van der Waals surface area contributed by atoms with Crippen molar-refractivity contribution in [2.45, 2.75) is 12.1 Å². The Morgan fingerprint density at radius 2 is 1.90 bits per heavy atom. The van der Waals surface area contributed by atoms with E-state index in [1.807, 2.05) is 6.26 Å². The second-order valence-electron chi connectivity index (χ2n) is 4.15. The number of ketones is 1. The highest BCUT2D eigenvalue weighted by Crippen LogP contribution is 2.18. The quantitative estimate of drug-likeness (QED) is 0.405. The van der Waals surface area contributed by atoms with Crippen molar-refractivity contribution in [2.75, 3.05) is 11.6 Å². The van der Waals surface area contributed by atoms with Gasteiger partial charge in [0.25, 0.3) is 5.91 Å². The molecule has 0 saturated carbocycles. The van der Waals surface area contributed by atoms with Gasteiger partial charge in [-0.1, -0.05) is 23.4 Å². The van der Waals surface area contributed by atoms with Gasteiger partial charge in [-0.2, -0.15) is 0 Å². The zero-order valence-electron chi connectivity index (χ0n) is 11.4. The first kappa shape index (κ1) is 15.5. The van der Waals surface area contributed by atoms with E-state index in [4.69, 9.17) is 11.6 Å². The number of carbonyl (C=O) groups excluding carboxylic acids is 2.